The van der Waals surface area contributed by atoms with Gasteiger partial charge in [0, 0.05) is 6.54 Å². The largest absolute Gasteiger partial charge is 0.481 e. The number of tetrazole rings is 1. The molecule has 1 aliphatic carbocycles. The molecule has 1 heterocycles. The van der Waals surface area contributed by atoms with Crippen LogP contribution < -0.4 is 5.32 Å². The van der Waals surface area contributed by atoms with Crippen molar-refractivity contribution in [2.24, 2.45) is 5.41 Å². The molecule has 19 heavy (non-hydrogen) atoms. The second-order valence-electron chi connectivity index (χ2n) is 4.93. The molecule has 0 saturated heterocycles. The number of rotatable bonds is 5. The Balaban J connectivity index is 1.88. The first-order valence-corrected chi connectivity index (χ1v) is 6.33. The Bertz CT molecular complexity index is 439. The molecule has 2 N–H and O–H groups in total. The fourth-order valence-corrected chi connectivity index (χ4v) is 2.42. The van der Waals surface area contributed by atoms with E-state index in [-0.39, 0.29) is 19.0 Å². The lowest BCUT2D eigenvalue weighted by Crippen LogP contribution is -2.45. The summed E-state index contributed by atoms with van der Waals surface area (Å²) < 4.78 is 1.30. The average Bonchev–Trinajstić information content (AvgIpc) is 2.90. The first-order valence-electron chi connectivity index (χ1n) is 6.33. The molecule has 0 unspecified atom stereocenters. The molecule has 1 aromatic heterocycles. The Labute approximate surface area is 110 Å². The van der Waals surface area contributed by atoms with Crippen LogP contribution in [0.1, 0.15) is 32.1 Å². The molecule has 1 amide bonds. The molecule has 0 bridgehead atoms. The minimum absolute atomic E-state index is 0.00268. The van der Waals surface area contributed by atoms with Crippen molar-refractivity contribution in [2.75, 3.05) is 6.54 Å². The van der Waals surface area contributed by atoms with E-state index in [1.54, 1.807) is 0 Å². The first kappa shape index (κ1) is 13.4. The van der Waals surface area contributed by atoms with Crippen molar-refractivity contribution in [3.05, 3.63) is 6.33 Å². The van der Waals surface area contributed by atoms with E-state index in [9.17, 15) is 14.7 Å². The highest BCUT2D eigenvalue weighted by molar-refractivity contribution is 5.79. The van der Waals surface area contributed by atoms with Crippen molar-refractivity contribution in [1.82, 2.24) is 25.5 Å². The summed E-state index contributed by atoms with van der Waals surface area (Å²) in [4.78, 5) is 23.1. The van der Waals surface area contributed by atoms with E-state index in [1.807, 2.05) is 0 Å². The fourth-order valence-electron chi connectivity index (χ4n) is 2.42. The Morgan fingerprint density at radius 2 is 2.05 bits per heavy atom. The van der Waals surface area contributed by atoms with Crippen LogP contribution in [0, 0.1) is 5.41 Å². The third kappa shape index (κ3) is 3.27. The number of nitrogens with one attached hydrogen (secondary N) is 1. The fraction of sp³-hybridized carbons (Fsp3) is 0.727. The van der Waals surface area contributed by atoms with Gasteiger partial charge in [-0.2, -0.15) is 0 Å². The van der Waals surface area contributed by atoms with Crippen molar-refractivity contribution >= 4 is 11.9 Å². The number of nitrogens with zero attached hydrogens (tertiary/aromatic N) is 4. The van der Waals surface area contributed by atoms with Crippen LogP contribution in [0.4, 0.5) is 0 Å². The van der Waals surface area contributed by atoms with Crippen molar-refractivity contribution < 1.29 is 14.7 Å². The number of carboxylic acid groups (broad SMARTS) is 1. The molecule has 0 aliphatic heterocycles. The van der Waals surface area contributed by atoms with Gasteiger partial charge >= 0.3 is 5.97 Å². The summed E-state index contributed by atoms with van der Waals surface area (Å²) in [6.45, 7) is 0.173. The number of hydrogen-bond donors (Lipinski definition) is 2. The minimum Gasteiger partial charge on any atom is -0.481 e. The van der Waals surface area contributed by atoms with E-state index in [4.69, 9.17) is 0 Å². The molecule has 0 atom stereocenters. The number of carbonyl (C=O) groups is 2. The third-order valence-electron chi connectivity index (χ3n) is 3.59. The molecule has 1 aromatic rings. The zero-order valence-corrected chi connectivity index (χ0v) is 10.6. The number of aliphatic carboxylic acids is 1. The van der Waals surface area contributed by atoms with E-state index >= 15 is 0 Å². The van der Waals surface area contributed by atoms with Crippen molar-refractivity contribution in [1.29, 1.82) is 0 Å². The molecule has 0 radical (unpaired) electrons. The maximum Gasteiger partial charge on any atom is 0.311 e. The number of hydrogen-bond acceptors (Lipinski definition) is 5. The van der Waals surface area contributed by atoms with Crippen LogP contribution in [0.2, 0.25) is 0 Å². The molecule has 0 aromatic carbocycles. The molecular weight excluding hydrogens is 250 g/mol. The standard InChI is InChI=1S/C11H17N5O3/c17-9(6-16-8-13-14-15-16)12-7-11(10(18)19)4-2-1-3-5-11/h8H,1-7H2,(H,12,17)(H,18,19). The Morgan fingerprint density at radius 1 is 1.32 bits per heavy atom. The average molecular weight is 267 g/mol. The smallest absolute Gasteiger partial charge is 0.311 e. The lowest BCUT2D eigenvalue weighted by Gasteiger charge is -2.33. The summed E-state index contributed by atoms with van der Waals surface area (Å²) >= 11 is 0. The van der Waals surface area contributed by atoms with E-state index in [1.165, 1.54) is 11.0 Å². The number of carbonyl (C=O) groups excluding carboxylic acids is 1. The van der Waals surface area contributed by atoms with Gasteiger partial charge in [-0.05, 0) is 23.3 Å². The van der Waals surface area contributed by atoms with E-state index in [0.717, 1.165) is 19.3 Å². The van der Waals surface area contributed by atoms with Gasteiger partial charge in [-0.3, -0.25) is 9.59 Å². The molecule has 104 valence electrons. The summed E-state index contributed by atoms with van der Waals surface area (Å²) in [5, 5.41) is 22.5. The molecule has 1 aliphatic rings. The third-order valence-corrected chi connectivity index (χ3v) is 3.59. The maximum absolute atomic E-state index is 11.7. The van der Waals surface area contributed by atoms with Gasteiger partial charge in [0.1, 0.15) is 12.9 Å². The van der Waals surface area contributed by atoms with Crippen molar-refractivity contribution in [3.63, 3.8) is 0 Å². The van der Waals surface area contributed by atoms with Crippen LogP contribution in [-0.2, 0) is 16.1 Å². The lowest BCUT2D eigenvalue weighted by atomic mass is 9.74. The Hall–Kier alpha value is -1.99. The van der Waals surface area contributed by atoms with Crippen LogP contribution in [-0.4, -0.2) is 43.7 Å². The van der Waals surface area contributed by atoms with Gasteiger partial charge in [-0.25, -0.2) is 4.68 Å². The van der Waals surface area contributed by atoms with Gasteiger partial charge in [0.05, 0.1) is 5.41 Å². The number of aromatic nitrogens is 4. The van der Waals surface area contributed by atoms with Crippen molar-refractivity contribution in [3.8, 4) is 0 Å². The highest BCUT2D eigenvalue weighted by Gasteiger charge is 2.39. The summed E-state index contributed by atoms with van der Waals surface area (Å²) in [5.74, 6) is -1.10. The van der Waals surface area contributed by atoms with Gasteiger partial charge in [-0.1, -0.05) is 19.3 Å². The predicted molar refractivity (Wildman–Crippen MR) is 64.0 cm³/mol. The van der Waals surface area contributed by atoms with Gasteiger partial charge in [0.2, 0.25) is 5.91 Å². The number of carboxylic acids is 1. The molecule has 8 nitrogen and oxygen atoms in total. The molecule has 0 spiro atoms. The first-order chi connectivity index (χ1) is 9.12. The summed E-state index contributed by atoms with van der Waals surface area (Å²) in [7, 11) is 0. The second kappa shape index (κ2) is 5.77. The van der Waals surface area contributed by atoms with Crippen LogP contribution in [0.25, 0.3) is 0 Å². The van der Waals surface area contributed by atoms with Crippen LogP contribution in [0.15, 0.2) is 6.33 Å². The maximum atomic E-state index is 11.7. The quantitative estimate of drug-likeness (QED) is 0.766. The lowest BCUT2D eigenvalue weighted by molar-refractivity contribution is -0.151. The monoisotopic (exact) mass is 267 g/mol. The summed E-state index contributed by atoms with van der Waals surface area (Å²) in [5.41, 5.74) is -0.811. The molecule has 8 heteroatoms. The SMILES string of the molecule is O=C(Cn1cnnn1)NCC1(C(=O)O)CCCCC1. The highest BCUT2D eigenvalue weighted by Crippen LogP contribution is 2.35. The second-order valence-corrected chi connectivity index (χ2v) is 4.93. The van der Waals surface area contributed by atoms with Crippen LogP contribution in [0.3, 0.4) is 0 Å². The van der Waals surface area contributed by atoms with Crippen molar-refractivity contribution in [2.45, 2.75) is 38.6 Å². The number of amides is 1. The van der Waals surface area contributed by atoms with Gasteiger partial charge in [-0.15, -0.1) is 5.10 Å². The van der Waals surface area contributed by atoms with Gasteiger partial charge in [0.25, 0.3) is 0 Å². The molecule has 1 saturated carbocycles. The van der Waals surface area contributed by atoms with E-state index in [2.05, 4.69) is 20.8 Å². The zero-order valence-electron chi connectivity index (χ0n) is 10.6. The topological polar surface area (TPSA) is 110 Å². The van der Waals surface area contributed by atoms with Gasteiger partial charge in [0.15, 0.2) is 0 Å². The predicted octanol–water partition coefficient (Wildman–Crippen LogP) is -0.176. The van der Waals surface area contributed by atoms with E-state index < -0.39 is 11.4 Å². The molecule has 2 rings (SSSR count). The highest BCUT2D eigenvalue weighted by atomic mass is 16.4. The Kier molecular flexibility index (Phi) is 4.08. The van der Waals surface area contributed by atoms with Crippen LogP contribution in [0.5, 0.6) is 0 Å². The van der Waals surface area contributed by atoms with Gasteiger partial charge < -0.3 is 10.4 Å². The molecule has 1 fully saturated rings. The normalized spacial score (nSPS) is 17.9. The Morgan fingerprint density at radius 3 is 2.63 bits per heavy atom. The van der Waals surface area contributed by atoms with Crippen LogP contribution >= 0.6 is 0 Å². The molecular formula is C11H17N5O3. The minimum atomic E-state index is -0.824. The van der Waals surface area contributed by atoms with E-state index in [0.29, 0.717) is 12.8 Å². The summed E-state index contributed by atoms with van der Waals surface area (Å²) in [6, 6.07) is 0. The zero-order chi connectivity index (χ0) is 13.7. The summed E-state index contributed by atoms with van der Waals surface area (Å²) in [6.07, 6.45) is 5.44.